The van der Waals surface area contributed by atoms with Crippen LogP contribution in [-0.2, 0) is 11.2 Å². The molecule has 1 aromatic carbocycles. The predicted molar refractivity (Wildman–Crippen MR) is 114 cm³/mol. The van der Waals surface area contributed by atoms with Crippen LogP contribution < -0.4 is 5.32 Å². The maximum Gasteiger partial charge on any atom is 0.251 e. The van der Waals surface area contributed by atoms with Gasteiger partial charge in [0, 0.05) is 36.9 Å². The van der Waals surface area contributed by atoms with Crippen LogP contribution in [0.1, 0.15) is 34.5 Å². The Labute approximate surface area is 175 Å². The Bertz CT molecular complexity index is 1010. The van der Waals surface area contributed by atoms with Gasteiger partial charge >= 0.3 is 0 Å². The highest BCUT2D eigenvalue weighted by molar-refractivity contribution is 5.96. The molecule has 0 saturated heterocycles. The van der Waals surface area contributed by atoms with E-state index in [9.17, 15) is 9.90 Å². The predicted octanol–water partition coefficient (Wildman–Crippen LogP) is 2.25. The van der Waals surface area contributed by atoms with Gasteiger partial charge in [0.05, 0.1) is 24.6 Å². The first-order valence-electron chi connectivity index (χ1n) is 9.83. The minimum Gasteiger partial charge on any atom is -0.394 e. The van der Waals surface area contributed by atoms with Gasteiger partial charge in [-0.25, -0.2) is 9.67 Å². The average molecular weight is 409 g/mol. The third-order valence-electron chi connectivity index (χ3n) is 4.59. The second kappa shape index (κ2) is 9.60. The first-order valence-corrected chi connectivity index (χ1v) is 9.83. The van der Waals surface area contributed by atoms with E-state index in [1.165, 1.54) is 0 Å². The average Bonchev–Trinajstić information content (AvgIpc) is 3.12. The van der Waals surface area contributed by atoms with E-state index < -0.39 is 0 Å². The number of rotatable bonds is 8. The number of nitrogens with one attached hydrogen (secondary N) is 1. The van der Waals surface area contributed by atoms with Gasteiger partial charge in [0.1, 0.15) is 11.6 Å². The molecule has 158 valence electrons. The highest BCUT2D eigenvalue weighted by Crippen LogP contribution is 2.24. The molecule has 1 amide bonds. The normalized spacial score (nSPS) is 12.0. The maximum absolute atomic E-state index is 12.8. The quantitative estimate of drug-likeness (QED) is 0.592. The third kappa shape index (κ3) is 5.08. The summed E-state index contributed by atoms with van der Waals surface area (Å²) in [5.74, 6) is 1.11. The molecule has 2 heterocycles. The Morgan fingerprint density at radius 2 is 2.07 bits per heavy atom. The van der Waals surface area contributed by atoms with Crippen LogP contribution in [0.5, 0.6) is 0 Å². The molecule has 3 rings (SSSR count). The fourth-order valence-electron chi connectivity index (χ4n) is 3.02. The molecular formula is C22H27N5O3. The van der Waals surface area contributed by atoms with Crippen molar-refractivity contribution in [1.29, 1.82) is 0 Å². The number of carbonyl (C=O) groups is 1. The van der Waals surface area contributed by atoms with Gasteiger partial charge in [0.15, 0.2) is 0 Å². The number of ether oxygens (including phenoxy) is 1. The molecular weight excluding hydrogens is 382 g/mol. The highest BCUT2D eigenvalue weighted by Gasteiger charge is 2.16. The molecule has 1 unspecified atom stereocenters. The zero-order valence-corrected chi connectivity index (χ0v) is 17.7. The summed E-state index contributed by atoms with van der Waals surface area (Å²) in [6.07, 6.45) is 2.38. The zero-order valence-electron chi connectivity index (χ0n) is 17.7. The number of hydrogen-bond donors (Lipinski definition) is 2. The van der Waals surface area contributed by atoms with E-state index in [2.05, 4.69) is 20.4 Å². The summed E-state index contributed by atoms with van der Waals surface area (Å²) in [7, 11) is 1.64. The summed E-state index contributed by atoms with van der Waals surface area (Å²) >= 11 is 0. The summed E-state index contributed by atoms with van der Waals surface area (Å²) in [6.45, 7) is 5.92. The van der Waals surface area contributed by atoms with E-state index in [4.69, 9.17) is 4.74 Å². The van der Waals surface area contributed by atoms with Crippen LogP contribution in [0, 0.1) is 13.8 Å². The van der Waals surface area contributed by atoms with Crippen molar-refractivity contribution in [2.45, 2.75) is 33.2 Å². The molecule has 2 N–H and O–H groups in total. The van der Waals surface area contributed by atoms with Gasteiger partial charge in [-0.1, -0.05) is 6.07 Å². The lowest BCUT2D eigenvalue weighted by Gasteiger charge is -2.14. The van der Waals surface area contributed by atoms with Gasteiger partial charge in [0.25, 0.3) is 5.91 Å². The molecule has 0 saturated carbocycles. The van der Waals surface area contributed by atoms with Gasteiger partial charge in [-0.15, -0.1) is 0 Å². The summed E-state index contributed by atoms with van der Waals surface area (Å²) in [5, 5.41) is 16.6. The van der Waals surface area contributed by atoms with E-state index in [1.54, 1.807) is 37.0 Å². The molecule has 3 aromatic rings. The molecule has 0 aliphatic rings. The first kappa shape index (κ1) is 21.6. The van der Waals surface area contributed by atoms with Crippen molar-refractivity contribution in [3.05, 3.63) is 59.3 Å². The van der Waals surface area contributed by atoms with E-state index >= 15 is 0 Å². The van der Waals surface area contributed by atoms with Crippen LogP contribution in [0.4, 0.5) is 0 Å². The van der Waals surface area contributed by atoms with E-state index in [0.29, 0.717) is 30.1 Å². The largest absolute Gasteiger partial charge is 0.394 e. The number of aromatic nitrogens is 4. The fraction of sp³-hybridized carbons (Fsp3) is 0.364. The number of pyridine rings is 1. The van der Waals surface area contributed by atoms with Crippen molar-refractivity contribution in [2.24, 2.45) is 0 Å². The molecule has 0 spiro atoms. The Balaban J connectivity index is 2.10. The summed E-state index contributed by atoms with van der Waals surface area (Å²) in [4.78, 5) is 21.8. The minimum absolute atomic E-state index is 0.138. The smallest absolute Gasteiger partial charge is 0.251 e. The second-order valence-electron chi connectivity index (χ2n) is 7.28. The van der Waals surface area contributed by atoms with Crippen LogP contribution in [-0.4, -0.2) is 57.1 Å². The van der Waals surface area contributed by atoms with Gasteiger partial charge in [-0.2, -0.15) is 5.10 Å². The number of benzene rings is 1. The van der Waals surface area contributed by atoms with Crippen LogP contribution in [0.25, 0.3) is 16.9 Å². The summed E-state index contributed by atoms with van der Waals surface area (Å²) in [6, 6.07) is 9.04. The molecule has 0 aliphatic heterocycles. The first-order chi connectivity index (χ1) is 14.4. The van der Waals surface area contributed by atoms with E-state index in [-0.39, 0.29) is 18.6 Å². The topological polar surface area (TPSA) is 102 Å². The fourth-order valence-corrected chi connectivity index (χ4v) is 3.02. The Kier molecular flexibility index (Phi) is 6.91. The van der Waals surface area contributed by atoms with Crippen LogP contribution in [0.15, 0.2) is 36.5 Å². The third-order valence-corrected chi connectivity index (χ3v) is 4.59. The molecule has 8 nitrogen and oxygen atoms in total. The van der Waals surface area contributed by atoms with Crippen molar-refractivity contribution in [3.63, 3.8) is 0 Å². The van der Waals surface area contributed by atoms with Gasteiger partial charge < -0.3 is 15.2 Å². The van der Waals surface area contributed by atoms with Crippen molar-refractivity contribution in [3.8, 4) is 16.9 Å². The Morgan fingerprint density at radius 1 is 1.27 bits per heavy atom. The molecule has 0 fully saturated rings. The van der Waals surface area contributed by atoms with E-state index in [1.807, 2.05) is 32.0 Å². The summed E-state index contributed by atoms with van der Waals surface area (Å²) < 4.78 is 6.92. The standard InChI is InChI=1S/C22H27N5O3/c1-14-5-6-20(23-12-14)17-9-18(22(29)24-15(2)13-28)11-19(10-17)27-21(7-8-30-4)25-16(3)26-27/h5-6,9-12,15,28H,7-8,13H2,1-4H3,(H,24,29). The number of aliphatic hydroxyl groups is 1. The second-order valence-corrected chi connectivity index (χ2v) is 7.28. The van der Waals surface area contributed by atoms with Crippen molar-refractivity contribution in [2.75, 3.05) is 20.3 Å². The van der Waals surface area contributed by atoms with Gasteiger partial charge in [-0.3, -0.25) is 9.78 Å². The highest BCUT2D eigenvalue weighted by atomic mass is 16.5. The number of hydrogen-bond acceptors (Lipinski definition) is 6. The number of nitrogens with zero attached hydrogens (tertiary/aromatic N) is 4. The Hall–Kier alpha value is -3.10. The number of aryl methyl sites for hydroxylation is 2. The lowest BCUT2D eigenvalue weighted by atomic mass is 10.0. The van der Waals surface area contributed by atoms with Crippen LogP contribution >= 0.6 is 0 Å². The molecule has 0 aliphatic carbocycles. The molecule has 0 radical (unpaired) electrons. The molecule has 0 bridgehead atoms. The van der Waals surface area contributed by atoms with Crippen LogP contribution in [0.3, 0.4) is 0 Å². The molecule has 1 atom stereocenters. The minimum atomic E-state index is -0.354. The number of amides is 1. The van der Waals surface area contributed by atoms with Gasteiger partial charge in [0.2, 0.25) is 0 Å². The summed E-state index contributed by atoms with van der Waals surface area (Å²) in [5.41, 5.74) is 3.76. The lowest BCUT2D eigenvalue weighted by Crippen LogP contribution is -2.35. The number of carbonyl (C=O) groups excluding carboxylic acids is 1. The van der Waals surface area contributed by atoms with Crippen molar-refractivity contribution < 1.29 is 14.6 Å². The monoisotopic (exact) mass is 409 g/mol. The van der Waals surface area contributed by atoms with Crippen molar-refractivity contribution >= 4 is 5.91 Å². The SMILES string of the molecule is COCCc1nc(C)nn1-c1cc(C(=O)NC(C)CO)cc(-c2ccc(C)cn2)c1. The van der Waals surface area contributed by atoms with Gasteiger partial charge in [-0.05, 0) is 50.6 Å². The maximum atomic E-state index is 12.8. The number of methoxy groups -OCH3 is 1. The molecule has 2 aromatic heterocycles. The zero-order chi connectivity index (χ0) is 21.7. The molecule has 30 heavy (non-hydrogen) atoms. The van der Waals surface area contributed by atoms with E-state index in [0.717, 1.165) is 22.6 Å². The lowest BCUT2D eigenvalue weighted by molar-refractivity contribution is 0.0922. The van der Waals surface area contributed by atoms with Crippen LogP contribution in [0.2, 0.25) is 0 Å². The Morgan fingerprint density at radius 3 is 2.73 bits per heavy atom. The molecule has 8 heteroatoms. The number of aliphatic hydroxyl groups excluding tert-OH is 1. The van der Waals surface area contributed by atoms with Crippen molar-refractivity contribution in [1.82, 2.24) is 25.1 Å².